The molecular weight excluding hydrogens is 262 g/mol. The summed E-state index contributed by atoms with van der Waals surface area (Å²) in [6.07, 6.45) is 3.39. The first kappa shape index (κ1) is 16.3. The predicted octanol–water partition coefficient (Wildman–Crippen LogP) is 0.538. The van der Waals surface area contributed by atoms with Gasteiger partial charge in [-0.25, -0.2) is 4.79 Å². The van der Waals surface area contributed by atoms with Crippen molar-refractivity contribution in [2.75, 3.05) is 19.6 Å². The number of unbranched alkanes of at least 4 members (excludes halogenated alkanes) is 1. The van der Waals surface area contributed by atoms with Crippen LogP contribution in [0.5, 0.6) is 0 Å². The molecule has 0 radical (unpaired) electrons. The highest BCUT2D eigenvalue weighted by atomic mass is 16.4. The highest BCUT2D eigenvalue weighted by Crippen LogP contribution is 2.20. The van der Waals surface area contributed by atoms with E-state index in [1.54, 1.807) is 4.90 Å². The molecule has 7 heteroatoms. The van der Waals surface area contributed by atoms with Crippen LogP contribution in [0, 0.1) is 5.92 Å². The lowest BCUT2D eigenvalue weighted by Crippen LogP contribution is -2.38. The first-order valence-corrected chi connectivity index (χ1v) is 7.02. The summed E-state index contributed by atoms with van der Waals surface area (Å²) in [5, 5.41) is 11.4. The molecule has 1 heterocycles. The molecule has 3 amide bonds. The van der Waals surface area contributed by atoms with E-state index in [0.29, 0.717) is 38.9 Å². The smallest absolute Gasteiger partial charge is 0.317 e. The second-order valence-electron chi connectivity index (χ2n) is 5.19. The number of urea groups is 1. The number of hydrogen-bond acceptors (Lipinski definition) is 3. The molecule has 1 unspecified atom stereocenters. The Balaban J connectivity index is 2.12. The maximum Gasteiger partial charge on any atom is 0.317 e. The van der Waals surface area contributed by atoms with Crippen LogP contribution in [0.25, 0.3) is 0 Å². The average molecular weight is 285 g/mol. The van der Waals surface area contributed by atoms with Crippen molar-refractivity contribution in [3.05, 3.63) is 0 Å². The number of likely N-dealkylation sites (tertiary alicyclic amines) is 1. The van der Waals surface area contributed by atoms with Gasteiger partial charge in [0.2, 0.25) is 5.91 Å². The molecule has 1 fully saturated rings. The fourth-order valence-electron chi connectivity index (χ4n) is 2.31. The summed E-state index contributed by atoms with van der Waals surface area (Å²) in [5.74, 6) is -0.828. The first-order valence-electron chi connectivity index (χ1n) is 7.02. The highest BCUT2D eigenvalue weighted by molar-refractivity contribution is 5.74. The van der Waals surface area contributed by atoms with Gasteiger partial charge in [-0.2, -0.15) is 0 Å². The van der Waals surface area contributed by atoms with Gasteiger partial charge < -0.3 is 21.1 Å². The maximum absolute atomic E-state index is 11.8. The average Bonchev–Trinajstić information content (AvgIpc) is 2.84. The number of amides is 3. The van der Waals surface area contributed by atoms with Crippen molar-refractivity contribution in [1.82, 2.24) is 10.2 Å². The van der Waals surface area contributed by atoms with Gasteiger partial charge in [0.1, 0.15) is 0 Å². The SMILES string of the molecule is NC(=O)CCCCNC(=O)N1CCC(CCC(=O)O)C1. The lowest BCUT2D eigenvalue weighted by molar-refractivity contribution is -0.137. The van der Waals surface area contributed by atoms with Crippen molar-refractivity contribution in [2.45, 2.75) is 38.5 Å². The number of carbonyl (C=O) groups excluding carboxylic acids is 2. The molecule has 114 valence electrons. The Hall–Kier alpha value is -1.79. The summed E-state index contributed by atoms with van der Waals surface area (Å²) in [4.78, 5) is 34.6. The van der Waals surface area contributed by atoms with E-state index < -0.39 is 5.97 Å². The Morgan fingerprint density at radius 2 is 2.00 bits per heavy atom. The number of nitrogens with two attached hydrogens (primary N) is 1. The molecule has 1 aliphatic heterocycles. The first-order chi connectivity index (χ1) is 9.49. The summed E-state index contributed by atoms with van der Waals surface area (Å²) in [6, 6.07) is -0.109. The number of rotatable bonds is 8. The van der Waals surface area contributed by atoms with E-state index in [1.807, 2.05) is 0 Å². The largest absolute Gasteiger partial charge is 0.481 e. The number of carboxylic acids is 1. The molecule has 1 atom stereocenters. The normalized spacial score (nSPS) is 18.0. The van der Waals surface area contributed by atoms with Crippen LogP contribution in [-0.2, 0) is 9.59 Å². The third-order valence-corrected chi connectivity index (χ3v) is 3.47. The van der Waals surface area contributed by atoms with E-state index in [4.69, 9.17) is 10.8 Å². The topological polar surface area (TPSA) is 113 Å². The van der Waals surface area contributed by atoms with E-state index >= 15 is 0 Å². The number of hydrogen-bond donors (Lipinski definition) is 3. The van der Waals surface area contributed by atoms with Gasteiger partial charge in [-0.15, -0.1) is 0 Å². The molecule has 0 aromatic carbocycles. The minimum atomic E-state index is -0.789. The third-order valence-electron chi connectivity index (χ3n) is 3.47. The van der Waals surface area contributed by atoms with Crippen molar-refractivity contribution >= 4 is 17.9 Å². The zero-order valence-electron chi connectivity index (χ0n) is 11.6. The summed E-state index contributed by atoms with van der Waals surface area (Å²) in [7, 11) is 0. The summed E-state index contributed by atoms with van der Waals surface area (Å²) < 4.78 is 0. The minimum absolute atomic E-state index is 0.109. The van der Waals surface area contributed by atoms with Crippen LogP contribution in [0.3, 0.4) is 0 Å². The number of carbonyl (C=O) groups is 3. The van der Waals surface area contributed by atoms with Crippen LogP contribution in [0.2, 0.25) is 0 Å². The van der Waals surface area contributed by atoms with Crippen LogP contribution in [0.4, 0.5) is 4.79 Å². The van der Waals surface area contributed by atoms with E-state index in [-0.39, 0.29) is 24.3 Å². The molecule has 1 saturated heterocycles. The maximum atomic E-state index is 11.8. The number of aliphatic carboxylic acids is 1. The molecule has 0 saturated carbocycles. The van der Waals surface area contributed by atoms with Crippen LogP contribution < -0.4 is 11.1 Å². The van der Waals surface area contributed by atoms with Crippen molar-refractivity contribution in [1.29, 1.82) is 0 Å². The van der Waals surface area contributed by atoms with Crippen LogP contribution in [0.1, 0.15) is 38.5 Å². The van der Waals surface area contributed by atoms with Gasteiger partial charge in [-0.05, 0) is 31.6 Å². The van der Waals surface area contributed by atoms with Gasteiger partial charge in [0, 0.05) is 32.5 Å². The summed E-state index contributed by atoms with van der Waals surface area (Å²) in [5.41, 5.74) is 5.02. The van der Waals surface area contributed by atoms with Crippen LogP contribution in [0.15, 0.2) is 0 Å². The van der Waals surface area contributed by atoms with Gasteiger partial charge in [-0.3, -0.25) is 9.59 Å². The van der Waals surface area contributed by atoms with Crippen LogP contribution in [-0.4, -0.2) is 47.5 Å². The molecule has 0 aromatic rings. The molecule has 0 spiro atoms. The molecule has 1 aliphatic rings. The lowest BCUT2D eigenvalue weighted by atomic mass is 10.0. The van der Waals surface area contributed by atoms with E-state index in [0.717, 1.165) is 12.8 Å². The molecule has 4 N–H and O–H groups in total. The fourth-order valence-corrected chi connectivity index (χ4v) is 2.31. The number of nitrogens with one attached hydrogen (secondary N) is 1. The summed E-state index contributed by atoms with van der Waals surface area (Å²) in [6.45, 7) is 1.83. The van der Waals surface area contributed by atoms with Crippen molar-refractivity contribution in [3.63, 3.8) is 0 Å². The molecular formula is C13H23N3O4. The molecule has 20 heavy (non-hydrogen) atoms. The minimum Gasteiger partial charge on any atom is -0.481 e. The van der Waals surface area contributed by atoms with Crippen molar-refractivity contribution in [3.8, 4) is 0 Å². The van der Waals surface area contributed by atoms with E-state index in [9.17, 15) is 14.4 Å². The van der Waals surface area contributed by atoms with Gasteiger partial charge >= 0.3 is 12.0 Å². The van der Waals surface area contributed by atoms with Gasteiger partial charge in [0.25, 0.3) is 0 Å². The summed E-state index contributed by atoms with van der Waals surface area (Å²) >= 11 is 0. The Kier molecular flexibility index (Phi) is 6.83. The van der Waals surface area contributed by atoms with E-state index in [1.165, 1.54) is 0 Å². The number of primary amides is 1. The molecule has 7 nitrogen and oxygen atoms in total. The predicted molar refractivity (Wildman–Crippen MR) is 73.0 cm³/mol. The Labute approximate surface area is 118 Å². The zero-order chi connectivity index (χ0) is 15.0. The molecule has 1 rings (SSSR count). The zero-order valence-corrected chi connectivity index (χ0v) is 11.6. The quantitative estimate of drug-likeness (QED) is 0.565. The molecule has 0 aliphatic carbocycles. The van der Waals surface area contributed by atoms with Gasteiger partial charge in [0.15, 0.2) is 0 Å². The fraction of sp³-hybridized carbons (Fsp3) is 0.769. The van der Waals surface area contributed by atoms with Crippen molar-refractivity contribution < 1.29 is 19.5 Å². The van der Waals surface area contributed by atoms with Crippen molar-refractivity contribution in [2.24, 2.45) is 11.7 Å². The van der Waals surface area contributed by atoms with Gasteiger partial charge in [0.05, 0.1) is 0 Å². The second kappa shape index (κ2) is 8.39. The lowest BCUT2D eigenvalue weighted by Gasteiger charge is -2.17. The number of nitrogens with zero attached hydrogens (tertiary/aromatic N) is 1. The number of carboxylic acid groups (broad SMARTS) is 1. The van der Waals surface area contributed by atoms with E-state index in [2.05, 4.69) is 5.32 Å². The third kappa shape index (κ3) is 6.40. The molecule has 0 bridgehead atoms. The highest BCUT2D eigenvalue weighted by Gasteiger charge is 2.26. The Bertz CT molecular complexity index is 360. The Morgan fingerprint density at radius 3 is 2.65 bits per heavy atom. The standard InChI is InChI=1S/C13H23N3O4/c14-11(17)3-1-2-7-15-13(20)16-8-6-10(9-16)4-5-12(18)19/h10H,1-9H2,(H2,14,17)(H,15,20)(H,18,19). The second-order valence-corrected chi connectivity index (χ2v) is 5.19. The van der Waals surface area contributed by atoms with Gasteiger partial charge in [-0.1, -0.05) is 0 Å². The van der Waals surface area contributed by atoms with Crippen LogP contribution >= 0.6 is 0 Å². The monoisotopic (exact) mass is 285 g/mol. The molecule has 0 aromatic heterocycles. The Morgan fingerprint density at radius 1 is 1.25 bits per heavy atom.